The first-order valence-corrected chi connectivity index (χ1v) is 11.7. The van der Waals surface area contributed by atoms with Crippen LogP contribution in [-0.4, -0.2) is 20.6 Å². The van der Waals surface area contributed by atoms with Crippen molar-refractivity contribution in [2.75, 3.05) is 15.9 Å². The summed E-state index contributed by atoms with van der Waals surface area (Å²) in [6.07, 6.45) is 2.01. The van der Waals surface area contributed by atoms with Crippen LogP contribution in [0.5, 0.6) is 0 Å². The van der Waals surface area contributed by atoms with Gasteiger partial charge < -0.3 is 5.32 Å². The molecule has 3 rings (SSSR count). The van der Waals surface area contributed by atoms with Crippen molar-refractivity contribution in [3.05, 3.63) is 95.1 Å². The monoisotopic (exact) mass is 422 g/mol. The van der Waals surface area contributed by atoms with Gasteiger partial charge in [0.25, 0.3) is 5.91 Å². The number of rotatable bonds is 7. The Labute approximate surface area is 178 Å². The average Bonchev–Trinajstić information content (AvgIpc) is 2.73. The van der Waals surface area contributed by atoms with Crippen LogP contribution >= 0.6 is 0 Å². The molecule has 1 amide bonds. The molecule has 0 aliphatic rings. The lowest BCUT2D eigenvalue weighted by atomic mass is 10.1. The molecule has 0 radical (unpaired) electrons. The molecule has 6 heteroatoms. The van der Waals surface area contributed by atoms with Gasteiger partial charge in [0, 0.05) is 11.3 Å². The highest BCUT2D eigenvalue weighted by molar-refractivity contribution is 7.92. The van der Waals surface area contributed by atoms with E-state index in [2.05, 4.69) is 5.32 Å². The molecule has 3 aromatic rings. The second-order valence-electron chi connectivity index (χ2n) is 7.21. The van der Waals surface area contributed by atoms with Crippen molar-refractivity contribution >= 4 is 27.3 Å². The molecule has 0 saturated heterocycles. The summed E-state index contributed by atoms with van der Waals surface area (Å²) in [5.74, 6) is -0.229. The van der Waals surface area contributed by atoms with E-state index < -0.39 is 10.0 Å². The van der Waals surface area contributed by atoms with Gasteiger partial charge in [0.1, 0.15) is 0 Å². The number of carbonyl (C=O) groups is 1. The van der Waals surface area contributed by atoms with Crippen LogP contribution in [0.15, 0.2) is 72.8 Å². The zero-order chi connectivity index (χ0) is 21.7. The van der Waals surface area contributed by atoms with Crippen molar-refractivity contribution < 1.29 is 13.2 Å². The number of aryl methyl sites for hydroxylation is 2. The Kier molecular flexibility index (Phi) is 6.57. The Morgan fingerprint density at radius 1 is 0.900 bits per heavy atom. The molecule has 0 atom stereocenters. The molecule has 0 aromatic heterocycles. The van der Waals surface area contributed by atoms with Gasteiger partial charge in [0.05, 0.1) is 18.5 Å². The minimum Gasteiger partial charge on any atom is -0.322 e. The SMILES string of the molecule is CCc1ccccc1NC(=O)c1ccc(N(Cc2ccccc2C)S(C)(=O)=O)cc1. The van der Waals surface area contributed by atoms with Crippen molar-refractivity contribution in [1.82, 2.24) is 0 Å². The summed E-state index contributed by atoms with van der Waals surface area (Å²) in [5, 5.41) is 2.93. The van der Waals surface area contributed by atoms with Gasteiger partial charge in [0.2, 0.25) is 10.0 Å². The van der Waals surface area contributed by atoms with Crippen molar-refractivity contribution in [2.24, 2.45) is 0 Å². The summed E-state index contributed by atoms with van der Waals surface area (Å²) in [6.45, 7) is 4.23. The third-order valence-corrected chi connectivity index (χ3v) is 6.18. The van der Waals surface area contributed by atoms with Crippen LogP contribution in [0.25, 0.3) is 0 Å². The predicted octanol–water partition coefficient (Wildman–Crippen LogP) is 4.78. The van der Waals surface area contributed by atoms with Gasteiger partial charge in [-0.2, -0.15) is 0 Å². The molecule has 3 aromatic carbocycles. The molecular formula is C24H26N2O3S. The van der Waals surface area contributed by atoms with E-state index in [1.54, 1.807) is 24.3 Å². The molecule has 0 aliphatic carbocycles. The van der Waals surface area contributed by atoms with E-state index >= 15 is 0 Å². The third kappa shape index (κ3) is 5.07. The summed E-state index contributed by atoms with van der Waals surface area (Å²) >= 11 is 0. The minimum atomic E-state index is -3.49. The molecule has 156 valence electrons. The van der Waals surface area contributed by atoms with Crippen LogP contribution in [0, 0.1) is 6.92 Å². The molecule has 1 N–H and O–H groups in total. The first-order chi connectivity index (χ1) is 14.3. The second kappa shape index (κ2) is 9.13. The van der Waals surface area contributed by atoms with E-state index in [0.717, 1.165) is 28.8 Å². The van der Waals surface area contributed by atoms with Gasteiger partial charge in [-0.3, -0.25) is 9.10 Å². The van der Waals surface area contributed by atoms with Crippen molar-refractivity contribution in [2.45, 2.75) is 26.8 Å². The van der Waals surface area contributed by atoms with Gasteiger partial charge in [-0.15, -0.1) is 0 Å². The molecule has 30 heavy (non-hydrogen) atoms. The summed E-state index contributed by atoms with van der Waals surface area (Å²) in [7, 11) is -3.49. The number of para-hydroxylation sites is 1. The van der Waals surface area contributed by atoms with Crippen LogP contribution in [0.1, 0.15) is 34.0 Å². The average molecular weight is 423 g/mol. The number of nitrogens with one attached hydrogen (secondary N) is 1. The van der Waals surface area contributed by atoms with Crippen molar-refractivity contribution in [3.63, 3.8) is 0 Å². The maximum absolute atomic E-state index is 12.7. The molecule has 0 heterocycles. The lowest BCUT2D eigenvalue weighted by Crippen LogP contribution is -2.29. The van der Waals surface area contributed by atoms with E-state index in [9.17, 15) is 13.2 Å². The number of hydrogen-bond donors (Lipinski definition) is 1. The lowest BCUT2D eigenvalue weighted by molar-refractivity contribution is 0.102. The molecule has 0 bridgehead atoms. The lowest BCUT2D eigenvalue weighted by Gasteiger charge is -2.23. The van der Waals surface area contributed by atoms with Gasteiger partial charge in [0.15, 0.2) is 0 Å². The Hall–Kier alpha value is -3.12. The van der Waals surface area contributed by atoms with Crippen molar-refractivity contribution in [1.29, 1.82) is 0 Å². The largest absolute Gasteiger partial charge is 0.322 e. The van der Waals surface area contributed by atoms with Crippen LogP contribution < -0.4 is 9.62 Å². The van der Waals surface area contributed by atoms with Gasteiger partial charge in [-0.1, -0.05) is 49.4 Å². The smallest absolute Gasteiger partial charge is 0.255 e. The second-order valence-corrected chi connectivity index (χ2v) is 9.11. The fourth-order valence-corrected chi connectivity index (χ4v) is 4.14. The summed E-state index contributed by atoms with van der Waals surface area (Å²) in [6, 6.07) is 22.0. The maximum atomic E-state index is 12.7. The molecule has 5 nitrogen and oxygen atoms in total. The fraction of sp³-hybridized carbons (Fsp3) is 0.208. The molecule has 0 unspecified atom stereocenters. The number of anilines is 2. The minimum absolute atomic E-state index is 0.229. The van der Waals surface area contributed by atoms with Crippen molar-refractivity contribution in [3.8, 4) is 0 Å². The zero-order valence-corrected chi connectivity index (χ0v) is 18.2. The number of nitrogens with zero attached hydrogens (tertiary/aromatic N) is 1. The van der Waals surface area contributed by atoms with E-state index in [-0.39, 0.29) is 12.5 Å². The third-order valence-electron chi connectivity index (χ3n) is 5.04. The molecule has 0 saturated carbocycles. The number of amides is 1. The van der Waals surface area contributed by atoms with E-state index in [4.69, 9.17) is 0 Å². The zero-order valence-electron chi connectivity index (χ0n) is 17.4. The Morgan fingerprint density at radius 3 is 2.10 bits per heavy atom. The van der Waals surface area contributed by atoms with E-state index in [1.807, 2.05) is 62.4 Å². The van der Waals surface area contributed by atoms with Gasteiger partial charge in [-0.25, -0.2) is 8.42 Å². The highest BCUT2D eigenvalue weighted by atomic mass is 32.2. The maximum Gasteiger partial charge on any atom is 0.255 e. The first-order valence-electron chi connectivity index (χ1n) is 9.81. The number of hydrogen-bond acceptors (Lipinski definition) is 3. The topological polar surface area (TPSA) is 66.5 Å². The normalized spacial score (nSPS) is 11.2. The van der Waals surface area contributed by atoms with Crippen LogP contribution in [0.2, 0.25) is 0 Å². The van der Waals surface area contributed by atoms with E-state index in [1.165, 1.54) is 10.6 Å². The van der Waals surface area contributed by atoms with Gasteiger partial charge in [-0.05, 0) is 60.4 Å². The highest BCUT2D eigenvalue weighted by Crippen LogP contribution is 2.23. The first kappa shape index (κ1) is 21.6. The summed E-state index contributed by atoms with van der Waals surface area (Å²) < 4.78 is 26.2. The molecular weight excluding hydrogens is 396 g/mol. The number of benzene rings is 3. The Morgan fingerprint density at radius 2 is 1.50 bits per heavy atom. The van der Waals surface area contributed by atoms with Gasteiger partial charge >= 0.3 is 0 Å². The van der Waals surface area contributed by atoms with Crippen LogP contribution in [0.3, 0.4) is 0 Å². The quantitative estimate of drug-likeness (QED) is 0.596. The number of carbonyl (C=O) groups excluding carboxylic acids is 1. The van der Waals surface area contributed by atoms with E-state index in [0.29, 0.717) is 11.3 Å². The summed E-state index contributed by atoms with van der Waals surface area (Å²) in [5.41, 5.74) is 4.79. The molecule has 0 spiro atoms. The number of sulfonamides is 1. The Balaban J connectivity index is 1.83. The van der Waals surface area contributed by atoms with Crippen LogP contribution in [0.4, 0.5) is 11.4 Å². The summed E-state index contributed by atoms with van der Waals surface area (Å²) in [4.78, 5) is 12.7. The molecule has 0 fully saturated rings. The predicted molar refractivity (Wildman–Crippen MR) is 122 cm³/mol. The standard InChI is InChI=1S/C24H26N2O3S/c1-4-19-10-7-8-12-23(19)25-24(27)20-13-15-22(16-14-20)26(30(3,28)29)17-21-11-6-5-9-18(21)2/h5-16H,4,17H2,1-3H3,(H,25,27). The molecule has 0 aliphatic heterocycles. The fourth-order valence-electron chi connectivity index (χ4n) is 3.27. The Bertz CT molecular complexity index is 1140. The highest BCUT2D eigenvalue weighted by Gasteiger charge is 2.19. The van der Waals surface area contributed by atoms with Crippen LogP contribution in [-0.2, 0) is 23.0 Å².